The first-order valence-electron chi connectivity index (χ1n) is 9.31. The van der Waals surface area contributed by atoms with Crippen LogP contribution in [0.2, 0.25) is 0 Å². The molecule has 0 saturated heterocycles. The third-order valence-electron chi connectivity index (χ3n) is 3.68. The van der Waals surface area contributed by atoms with Crippen LogP contribution in [0.25, 0.3) is 0 Å². The molecule has 0 aliphatic rings. The first kappa shape index (κ1) is 22.5. The van der Waals surface area contributed by atoms with Crippen LogP contribution in [0.15, 0.2) is 28.0 Å². The lowest BCUT2D eigenvalue weighted by molar-refractivity contribution is 0.0529. The van der Waals surface area contributed by atoms with E-state index >= 15 is 0 Å². The Morgan fingerprint density at radius 3 is 2.41 bits per heavy atom. The number of hydrogen-bond donors (Lipinski definition) is 3. The Balaban J connectivity index is 2.18. The molecule has 0 fully saturated rings. The lowest BCUT2D eigenvalue weighted by Crippen LogP contribution is -2.42. The number of unbranched alkanes of at least 4 members (excludes halogenated alkanes) is 1. The van der Waals surface area contributed by atoms with Crippen LogP contribution in [0.5, 0.6) is 0 Å². The fourth-order valence-corrected chi connectivity index (χ4v) is 2.39. The first-order valence-corrected chi connectivity index (χ1v) is 9.31. The van der Waals surface area contributed by atoms with E-state index in [0.717, 1.165) is 25.1 Å². The van der Waals surface area contributed by atoms with Crippen LogP contribution in [-0.4, -0.2) is 48.9 Å². The summed E-state index contributed by atoms with van der Waals surface area (Å²) < 4.78 is 6.96. The Kier molecular flexibility index (Phi) is 9.39. The van der Waals surface area contributed by atoms with E-state index in [4.69, 9.17) is 4.74 Å². The molecule has 1 aromatic heterocycles. The highest BCUT2D eigenvalue weighted by atomic mass is 16.6. The number of rotatable bonds is 8. The molecule has 0 radical (unpaired) electrons. The van der Waals surface area contributed by atoms with Gasteiger partial charge in [0, 0.05) is 45.0 Å². The van der Waals surface area contributed by atoms with Crippen LogP contribution >= 0.6 is 0 Å². The van der Waals surface area contributed by atoms with Gasteiger partial charge in [-0.3, -0.25) is 9.79 Å². The van der Waals surface area contributed by atoms with Crippen molar-refractivity contribution in [1.82, 2.24) is 20.5 Å². The quantitative estimate of drug-likeness (QED) is 0.362. The molecular weight excluding hydrogens is 346 g/mol. The van der Waals surface area contributed by atoms with Crippen LogP contribution in [0, 0.1) is 6.92 Å². The average molecular weight is 380 g/mol. The zero-order valence-corrected chi connectivity index (χ0v) is 17.1. The molecule has 8 nitrogen and oxygen atoms in total. The summed E-state index contributed by atoms with van der Waals surface area (Å²) in [4.78, 5) is 27.5. The van der Waals surface area contributed by atoms with E-state index in [2.05, 4.69) is 20.9 Å². The van der Waals surface area contributed by atoms with Gasteiger partial charge < -0.3 is 25.3 Å². The minimum Gasteiger partial charge on any atom is -0.444 e. The maximum absolute atomic E-state index is 11.8. The monoisotopic (exact) mass is 379 g/mol. The Labute approximate surface area is 161 Å². The summed E-state index contributed by atoms with van der Waals surface area (Å²) in [6, 6.07) is 5.31. The highest BCUT2D eigenvalue weighted by Gasteiger charge is 2.15. The van der Waals surface area contributed by atoms with E-state index in [0.29, 0.717) is 25.6 Å². The number of alkyl carbamates (subject to hydrolysis) is 1. The summed E-state index contributed by atoms with van der Waals surface area (Å²) in [5.41, 5.74) is 0.516. The molecule has 1 amide bonds. The highest BCUT2D eigenvalue weighted by Crippen LogP contribution is 2.05. The van der Waals surface area contributed by atoms with E-state index in [-0.39, 0.29) is 5.56 Å². The van der Waals surface area contributed by atoms with Crippen LogP contribution in [0.1, 0.15) is 39.3 Å². The van der Waals surface area contributed by atoms with Gasteiger partial charge in [-0.15, -0.1) is 0 Å². The maximum Gasteiger partial charge on any atom is 0.407 e. The van der Waals surface area contributed by atoms with Crippen molar-refractivity contribution in [1.29, 1.82) is 0 Å². The Morgan fingerprint density at radius 1 is 1.11 bits per heavy atom. The zero-order chi connectivity index (χ0) is 20.3. The minimum absolute atomic E-state index is 0.0397. The molecule has 1 rings (SSSR count). The number of hydrogen-bond acceptors (Lipinski definition) is 4. The van der Waals surface area contributed by atoms with Crippen LogP contribution in [0.3, 0.4) is 0 Å². The molecule has 27 heavy (non-hydrogen) atoms. The second-order valence-electron chi connectivity index (χ2n) is 7.22. The molecule has 0 atom stereocenters. The van der Waals surface area contributed by atoms with Crippen molar-refractivity contribution in [2.24, 2.45) is 4.99 Å². The van der Waals surface area contributed by atoms with Gasteiger partial charge >= 0.3 is 6.09 Å². The van der Waals surface area contributed by atoms with Gasteiger partial charge in [0.2, 0.25) is 0 Å². The molecule has 0 bridgehead atoms. The number of ether oxygens (including phenoxy) is 1. The SMILES string of the molecule is CN=C(NCCCCn1c(C)cccc1=O)NCCNC(=O)OC(C)(C)C. The molecule has 0 saturated carbocycles. The Bertz CT molecular complexity index is 677. The summed E-state index contributed by atoms with van der Waals surface area (Å²) in [6.07, 6.45) is 1.38. The van der Waals surface area contributed by atoms with Gasteiger partial charge in [0.25, 0.3) is 5.56 Å². The fraction of sp³-hybridized carbons (Fsp3) is 0.632. The van der Waals surface area contributed by atoms with Crippen molar-refractivity contribution in [2.45, 2.75) is 52.7 Å². The number of aryl methyl sites for hydroxylation is 1. The fourth-order valence-electron chi connectivity index (χ4n) is 2.39. The standard InChI is InChI=1S/C19H33N5O3/c1-15-9-8-10-16(25)24(15)14-7-6-11-21-17(20-5)22-12-13-23-18(26)27-19(2,3)4/h8-10H,6-7,11-14H2,1-5H3,(H,23,26)(H2,20,21,22). The molecule has 152 valence electrons. The number of nitrogens with zero attached hydrogens (tertiary/aromatic N) is 2. The topological polar surface area (TPSA) is 96.8 Å². The number of aromatic nitrogens is 1. The first-order chi connectivity index (χ1) is 12.7. The average Bonchev–Trinajstić information content (AvgIpc) is 2.57. The zero-order valence-electron chi connectivity index (χ0n) is 17.1. The molecule has 8 heteroatoms. The van der Waals surface area contributed by atoms with E-state index in [9.17, 15) is 9.59 Å². The van der Waals surface area contributed by atoms with Crippen LogP contribution < -0.4 is 21.5 Å². The number of carbonyl (C=O) groups is 1. The lowest BCUT2D eigenvalue weighted by Gasteiger charge is -2.20. The molecule has 0 unspecified atom stereocenters. The van der Waals surface area contributed by atoms with Crippen molar-refractivity contribution in [3.63, 3.8) is 0 Å². The normalized spacial score (nSPS) is 11.8. The molecule has 3 N–H and O–H groups in total. The van der Waals surface area contributed by atoms with Gasteiger partial charge in [-0.25, -0.2) is 4.79 Å². The number of guanidine groups is 1. The van der Waals surface area contributed by atoms with Crippen molar-refractivity contribution in [2.75, 3.05) is 26.7 Å². The Hall–Kier alpha value is -2.51. The minimum atomic E-state index is -0.501. The molecule has 0 aromatic carbocycles. The van der Waals surface area contributed by atoms with Crippen molar-refractivity contribution < 1.29 is 9.53 Å². The van der Waals surface area contributed by atoms with Gasteiger partial charge in [0.15, 0.2) is 5.96 Å². The molecule has 1 aromatic rings. The van der Waals surface area contributed by atoms with E-state index in [1.165, 1.54) is 0 Å². The van der Waals surface area contributed by atoms with E-state index in [1.54, 1.807) is 23.7 Å². The van der Waals surface area contributed by atoms with Gasteiger partial charge in [0.05, 0.1) is 0 Å². The summed E-state index contributed by atoms with van der Waals surface area (Å²) >= 11 is 0. The van der Waals surface area contributed by atoms with Crippen molar-refractivity contribution >= 4 is 12.1 Å². The Morgan fingerprint density at radius 2 is 1.78 bits per heavy atom. The predicted octanol–water partition coefficient (Wildman–Crippen LogP) is 1.63. The molecule has 1 heterocycles. The molecule has 0 aliphatic heterocycles. The molecular formula is C19H33N5O3. The number of pyridine rings is 1. The number of nitrogens with one attached hydrogen (secondary N) is 3. The summed E-state index contributed by atoms with van der Waals surface area (Å²) in [5.74, 6) is 0.675. The predicted molar refractivity (Wildman–Crippen MR) is 108 cm³/mol. The van der Waals surface area contributed by atoms with Crippen molar-refractivity contribution in [3.8, 4) is 0 Å². The number of amides is 1. The smallest absolute Gasteiger partial charge is 0.407 e. The summed E-state index contributed by atoms with van der Waals surface area (Å²) in [6.45, 7) is 9.85. The number of carbonyl (C=O) groups excluding carboxylic acids is 1. The largest absolute Gasteiger partial charge is 0.444 e. The van der Waals surface area contributed by atoms with Crippen molar-refractivity contribution in [3.05, 3.63) is 34.2 Å². The second kappa shape index (κ2) is 11.3. The van der Waals surface area contributed by atoms with Crippen LogP contribution in [0.4, 0.5) is 4.79 Å². The highest BCUT2D eigenvalue weighted by molar-refractivity contribution is 5.79. The van der Waals surface area contributed by atoms with Crippen LogP contribution in [-0.2, 0) is 11.3 Å². The lowest BCUT2D eigenvalue weighted by atomic mass is 10.2. The van der Waals surface area contributed by atoms with Gasteiger partial charge in [0.1, 0.15) is 5.60 Å². The summed E-state index contributed by atoms with van der Waals surface area (Å²) in [5, 5.41) is 9.03. The van der Waals surface area contributed by atoms with E-state index in [1.807, 2.05) is 33.8 Å². The number of aliphatic imine (C=N–C) groups is 1. The molecule has 0 aliphatic carbocycles. The second-order valence-corrected chi connectivity index (χ2v) is 7.22. The maximum atomic E-state index is 11.8. The summed E-state index contributed by atoms with van der Waals surface area (Å²) in [7, 11) is 1.70. The molecule has 0 spiro atoms. The van der Waals surface area contributed by atoms with Gasteiger partial charge in [-0.05, 0) is 46.6 Å². The third-order valence-corrected chi connectivity index (χ3v) is 3.68. The third kappa shape index (κ3) is 9.67. The van der Waals surface area contributed by atoms with Gasteiger partial charge in [-0.1, -0.05) is 6.07 Å². The van der Waals surface area contributed by atoms with E-state index < -0.39 is 11.7 Å². The van der Waals surface area contributed by atoms with Gasteiger partial charge in [-0.2, -0.15) is 0 Å².